The van der Waals surface area contributed by atoms with E-state index in [1.54, 1.807) is 12.1 Å². The minimum Gasteiger partial charge on any atom is -0.497 e. The van der Waals surface area contributed by atoms with Gasteiger partial charge in [-0.05, 0) is 30.4 Å². The van der Waals surface area contributed by atoms with Crippen molar-refractivity contribution in [3.8, 4) is 5.75 Å². The highest BCUT2D eigenvalue weighted by Gasteiger charge is 2.18. The standard InChI is InChI=1S/C14H21BO5/c1-18-14-3-2-12(8-13(14)15(16)17)10-20-9-11-4-6-19-7-5-11/h2-3,8,11,16-17H,4-7,9-10H2,1H3. The monoisotopic (exact) mass is 280 g/mol. The Morgan fingerprint density at radius 2 is 2.05 bits per heavy atom. The summed E-state index contributed by atoms with van der Waals surface area (Å²) in [6.07, 6.45) is 2.09. The Balaban J connectivity index is 1.87. The van der Waals surface area contributed by atoms with Gasteiger partial charge in [-0.15, -0.1) is 0 Å². The Labute approximate surface area is 119 Å². The molecule has 20 heavy (non-hydrogen) atoms. The van der Waals surface area contributed by atoms with Crippen LogP contribution in [0, 0.1) is 5.92 Å². The third-order valence-corrected chi connectivity index (χ3v) is 3.54. The highest BCUT2D eigenvalue weighted by atomic mass is 16.5. The van der Waals surface area contributed by atoms with Crippen LogP contribution in [0.4, 0.5) is 0 Å². The first-order chi connectivity index (χ1) is 9.70. The zero-order valence-electron chi connectivity index (χ0n) is 11.7. The Morgan fingerprint density at radius 3 is 2.70 bits per heavy atom. The van der Waals surface area contributed by atoms with Crippen molar-refractivity contribution in [1.82, 2.24) is 0 Å². The van der Waals surface area contributed by atoms with Crippen LogP contribution >= 0.6 is 0 Å². The molecule has 1 heterocycles. The van der Waals surface area contributed by atoms with Crippen LogP contribution in [-0.4, -0.2) is 44.1 Å². The van der Waals surface area contributed by atoms with Crippen molar-refractivity contribution in [2.75, 3.05) is 26.9 Å². The summed E-state index contributed by atoms with van der Waals surface area (Å²) in [5.41, 5.74) is 1.26. The van der Waals surface area contributed by atoms with Crippen LogP contribution < -0.4 is 10.2 Å². The van der Waals surface area contributed by atoms with E-state index in [0.717, 1.165) is 31.6 Å². The molecule has 5 nitrogen and oxygen atoms in total. The van der Waals surface area contributed by atoms with Gasteiger partial charge < -0.3 is 24.3 Å². The molecule has 1 fully saturated rings. The average molecular weight is 280 g/mol. The molecule has 2 N–H and O–H groups in total. The molecule has 1 aromatic carbocycles. The quantitative estimate of drug-likeness (QED) is 0.734. The number of ether oxygens (including phenoxy) is 3. The summed E-state index contributed by atoms with van der Waals surface area (Å²) in [7, 11) is -0.0388. The Bertz CT molecular complexity index is 418. The zero-order chi connectivity index (χ0) is 14.4. The fraction of sp³-hybridized carbons (Fsp3) is 0.571. The summed E-state index contributed by atoms with van der Waals surface area (Å²) in [6.45, 7) is 2.81. The van der Waals surface area contributed by atoms with E-state index in [4.69, 9.17) is 14.2 Å². The van der Waals surface area contributed by atoms with Crippen LogP contribution in [0.1, 0.15) is 18.4 Å². The van der Waals surface area contributed by atoms with Crippen molar-refractivity contribution in [2.45, 2.75) is 19.4 Å². The molecule has 1 saturated heterocycles. The molecule has 0 aromatic heterocycles. The lowest BCUT2D eigenvalue weighted by molar-refractivity contribution is 0.0157. The third kappa shape index (κ3) is 4.21. The van der Waals surface area contributed by atoms with E-state index in [0.29, 0.717) is 30.3 Å². The number of hydrogen-bond acceptors (Lipinski definition) is 5. The highest BCUT2D eigenvalue weighted by molar-refractivity contribution is 6.59. The Hall–Kier alpha value is -1.08. The SMILES string of the molecule is COc1ccc(COCC2CCOCC2)cc1B(O)O. The van der Waals surface area contributed by atoms with Crippen molar-refractivity contribution < 1.29 is 24.3 Å². The second kappa shape index (κ2) is 7.64. The van der Waals surface area contributed by atoms with E-state index < -0.39 is 7.12 Å². The van der Waals surface area contributed by atoms with Crippen molar-refractivity contribution in [3.05, 3.63) is 23.8 Å². The first-order valence-electron chi connectivity index (χ1n) is 6.89. The van der Waals surface area contributed by atoms with Crippen molar-refractivity contribution in [1.29, 1.82) is 0 Å². The normalized spacial score (nSPS) is 16.1. The molecule has 0 saturated carbocycles. The zero-order valence-corrected chi connectivity index (χ0v) is 11.7. The van der Waals surface area contributed by atoms with Gasteiger partial charge in [0.1, 0.15) is 5.75 Å². The van der Waals surface area contributed by atoms with Gasteiger partial charge in [-0.3, -0.25) is 0 Å². The molecule has 0 aliphatic carbocycles. The maximum atomic E-state index is 9.31. The summed E-state index contributed by atoms with van der Waals surface area (Å²) in [6, 6.07) is 5.30. The van der Waals surface area contributed by atoms with Crippen LogP contribution in [0.5, 0.6) is 5.75 Å². The average Bonchev–Trinajstić information content (AvgIpc) is 2.48. The van der Waals surface area contributed by atoms with Gasteiger partial charge in [0.15, 0.2) is 0 Å². The van der Waals surface area contributed by atoms with E-state index in [9.17, 15) is 10.0 Å². The molecule has 0 radical (unpaired) electrons. The second-order valence-corrected chi connectivity index (χ2v) is 5.02. The summed E-state index contributed by atoms with van der Waals surface area (Å²) < 4.78 is 16.1. The van der Waals surface area contributed by atoms with Crippen molar-refractivity contribution >= 4 is 12.6 Å². The van der Waals surface area contributed by atoms with Gasteiger partial charge >= 0.3 is 7.12 Å². The smallest absolute Gasteiger partial charge is 0.492 e. The number of rotatable bonds is 6. The molecule has 1 aromatic rings. The van der Waals surface area contributed by atoms with Gasteiger partial charge in [0.05, 0.1) is 20.3 Å². The summed E-state index contributed by atoms with van der Waals surface area (Å²) >= 11 is 0. The van der Waals surface area contributed by atoms with Crippen LogP contribution in [0.3, 0.4) is 0 Å². The van der Waals surface area contributed by atoms with Crippen LogP contribution in [0.2, 0.25) is 0 Å². The summed E-state index contributed by atoms with van der Waals surface area (Å²) in [5.74, 6) is 1.03. The van der Waals surface area contributed by atoms with E-state index in [2.05, 4.69) is 0 Å². The van der Waals surface area contributed by atoms with Gasteiger partial charge in [0.25, 0.3) is 0 Å². The van der Waals surface area contributed by atoms with Crippen LogP contribution in [-0.2, 0) is 16.1 Å². The first kappa shape index (κ1) is 15.3. The molecular weight excluding hydrogens is 259 g/mol. The third-order valence-electron chi connectivity index (χ3n) is 3.54. The number of hydrogen-bond donors (Lipinski definition) is 2. The lowest BCUT2D eigenvalue weighted by Crippen LogP contribution is -2.31. The molecule has 0 unspecified atom stereocenters. The van der Waals surface area contributed by atoms with E-state index in [1.165, 1.54) is 7.11 Å². The van der Waals surface area contributed by atoms with E-state index in [1.807, 2.05) is 6.07 Å². The maximum Gasteiger partial charge on any atom is 0.492 e. The van der Waals surface area contributed by atoms with Crippen molar-refractivity contribution in [3.63, 3.8) is 0 Å². The fourth-order valence-electron chi connectivity index (χ4n) is 2.33. The largest absolute Gasteiger partial charge is 0.497 e. The van der Waals surface area contributed by atoms with Gasteiger partial charge in [-0.2, -0.15) is 0 Å². The predicted octanol–water partition coefficient (Wildman–Crippen LogP) is 0.318. The molecule has 1 aliphatic rings. The maximum absolute atomic E-state index is 9.31. The van der Waals surface area contributed by atoms with Crippen LogP contribution in [0.15, 0.2) is 18.2 Å². The second-order valence-electron chi connectivity index (χ2n) is 5.02. The topological polar surface area (TPSA) is 68.2 Å². The Kier molecular flexibility index (Phi) is 5.85. The molecule has 0 bridgehead atoms. The van der Waals surface area contributed by atoms with Gasteiger partial charge in [-0.1, -0.05) is 12.1 Å². The minimum absolute atomic E-state index is 0.361. The summed E-state index contributed by atoms with van der Waals surface area (Å²) in [5, 5.41) is 18.6. The molecule has 1 aliphatic heterocycles. The van der Waals surface area contributed by atoms with Crippen LogP contribution in [0.25, 0.3) is 0 Å². The van der Waals surface area contributed by atoms with E-state index in [-0.39, 0.29) is 0 Å². The number of methoxy groups -OCH3 is 1. The molecule has 110 valence electrons. The summed E-state index contributed by atoms with van der Waals surface area (Å²) in [4.78, 5) is 0. The molecule has 0 atom stereocenters. The van der Waals surface area contributed by atoms with E-state index >= 15 is 0 Å². The molecule has 0 spiro atoms. The number of benzene rings is 1. The minimum atomic E-state index is -1.54. The first-order valence-corrected chi connectivity index (χ1v) is 6.89. The molecule has 6 heteroatoms. The van der Waals surface area contributed by atoms with Gasteiger partial charge in [-0.25, -0.2) is 0 Å². The van der Waals surface area contributed by atoms with Gasteiger partial charge in [0, 0.05) is 18.7 Å². The highest BCUT2D eigenvalue weighted by Crippen LogP contribution is 2.16. The lowest BCUT2D eigenvalue weighted by atomic mass is 9.79. The predicted molar refractivity (Wildman–Crippen MR) is 76.0 cm³/mol. The molecule has 0 amide bonds. The van der Waals surface area contributed by atoms with Gasteiger partial charge in [0.2, 0.25) is 0 Å². The molecular formula is C14H21BO5. The van der Waals surface area contributed by atoms with Crippen molar-refractivity contribution in [2.24, 2.45) is 5.92 Å². The lowest BCUT2D eigenvalue weighted by Gasteiger charge is -2.21. The molecule has 2 rings (SSSR count). The fourth-order valence-corrected chi connectivity index (χ4v) is 2.33. The Morgan fingerprint density at radius 1 is 1.30 bits per heavy atom.